The van der Waals surface area contributed by atoms with Gasteiger partial charge in [0, 0.05) is 0 Å². The largest absolute Gasteiger partial charge is 0.0850 e. The number of rotatable bonds is 7. The fourth-order valence-corrected chi connectivity index (χ4v) is 6.49. The van der Waals surface area contributed by atoms with E-state index < -0.39 is 0 Å². The molecule has 3 aliphatic carbocycles. The van der Waals surface area contributed by atoms with Crippen LogP contribution in [0.15, 0.2) is 11.6 Å². The quantitative estimate of drug-likeness (QED) is 0.322. The number of allylic oxidation sites excluding steroid dienone is 2. The zero-order valence-corrected chi connectivity index (χ0v) is 17.4. The first-order valence-corrected chi connectivity index (χ1v) is 11.8. The summed E-state index contributed by atoms with van der Waals surface area (Å²) in [6.07, 6.45) is 23.5. The Morgan fingerprint density at radius 2 is 1.76 bits per heavy atom. The van der Waals surface area contributed by atoms with Gasteiger partial charge in [0.15, 0.2) is 0 Å². The Morgan fingerprint density at radius 1 is 0.920 bits per heavy atom. The van der Waals surface area contributed by atoms with Crippen molar-refractivity contribution >= 4 is 0 Å². The lowest BCUT2D eigenvalue weighted by Gasteiger charge is -2.36. The summed E-state index contributed by atoms with van der Waals surface area (Å²) in [5.41, 5.74) is 1.81. The molecule has 0 nitrogen and oxygen atoms in total. The van der Waals surface area contributed by atoms with Crippen LogP contribution in [0.25, 0.3) is 0 Å². The van der Waals surface area contributed by atoms with Crippen LogP contribution in [0.1, 0.15) is 111 Å². The molecule has 0 radical (unpaired) electrons. The number of unbranched alkanes of at least 4 members (excludes halogenated alkanes) is 1. The van der Waals surface area contributed by atoms with Gasteiger partial charge in [0.25, 0.3) is 0 Å². The van der Waals surface area contributed by atoms with E-state index in [2.05, 4.69) is 26.8 Å². The average molecular weight is 345 g/mol. The number of hydrogen-bond acceptors (Lipinski definition) is 0. The number of fused-ring (bicyclic) bond motifs is 1. The first-order chi connectivity index (χ1) is 12.1. The summed E-state index contributed by atoms with van der Waals surface area (Å²) in [6.45, 7) is 7.20. The average Bonchev–Trinajstić information content (AvgIpc) is 3.00. The molecule has 25 heavy (non-hydrogen) atoms. The van der Waals surface area contributed by atoms with E-state index in [1.165, 1.54) is 64.2 Å². The zero-order valence-electron chi connectivity index (χ0n) is 17.4. The monoisotopic (exact) mass is 344 g/mol. The maximum absolute atomic E-state index is 2.71. The normalized spacial score (nSPS) is 37.6. The second-order valence-electron chi connectivity index (χ2n) is 10.3. The van der Waals surface area contributed by atoms with Gasteiger partial charge in [-0.25, -0.2) is 0 Å². The van der Waals surface area contributed by atoms with Crippen LogP contribution in [-0.2, 0) is 0 Å². The summed E-state index contributed by atoms with van der Waals surface area (Å²) in [6, 6.07) is 0. The van der Waals surface area contributed by atoms with Crippen molar-refractivity contribution in [2.24, 2.45) is 35.5 Å². The fraction of sp³-hybridized carbons (Fsp3) is 0.920. The van der Waals surface area contributed by atoms with E-state index in [0.717, 1.165) is 35.5 Å². The minimum atomic E-state index is 0.894. The van der Waals surface area contributed by atoms with Crippen LogP contribution in [0.4, 0.5) is 0 Å². The lowest BCUT2D eigenvalue weighted by atomic mass is 9.69. The van der Waals surface area contributed by atoms with Crippen molar-refractivity contribution in [3.05, 3.63) is 11.6 Å². The van der Waals surface area contributed by atoms with Crippen LogP contribution in [0.5, 0.6) is 0 Å². The Morgan fingerprint density at radius 3 is 2.56 bits per heavy atom. The summed E-state index contributed by atoms with van der Waals surface area (Å²) in [5, 5.41) is 0. The van der Waals surface area contributed by atoms with E-state index in [-0.39, 0.29) is 0 Å². The molecule has 0 aromatic carbocycles. The Hall–Kier alpha value is -0.260. The smallest absolute Gasteiger partial charge is 0.0294 e. The molecule has 0 amide bonds. The van der Waals surface area contributed by atoms with Gasteiger partial charge in [-0.05, 0) is 86.9 Å². The molecular formula is C25H44. The molecule has 0 N–H and O–H groups in total. The van der Waals surface area contributed by atoms with E-state index in [1.807, 2.05) is 5.57 Å². The highest BCUT2D eigenvalue weighted by Crippen LogP contribution is 2.51. The molecule has 3 saturated carbocycles. The van der Waals surface area contributed by atoms with Gasteiger partial charge >= 0.3 is 0 Å². The van der Waals surface area contributed by atoms with Gasteiger partial charge in [0.05, 0.1) is 0 Å². The van der Waals surface area contributed by atoms with Gasteiger partial charge in [0.2, 0.25) is 0 Å². The fourth-order valence-electron chi connectivity index (χ4n) is 6.49. The summed E-state index contributed by atoms with van der Waals surface area (Å²) < 4.78 is 0. The van der Waals surface area contributed by atoms with Gasteiger partial charge in [-0.15, -0.1) is 0 Å². The lowest BCUT2D eigenvalue weighted by molar-refractivity contribution is 0.149. The molecule has 0 aromatic heterocycles. The van der Waals surface area contributed by atoms with Crippen molar-refractivity contribution in [3.63, 3.8) is 0 Å². The second kappa shape index (κ2) is 9.61. The Kier molecular flexibility index (Phi) is 7.50. The molecule has 0 heteroatoms. The van der Waals surface area contributed by atoms with Crippen LogP contribution in [0, 0.1) is 35.5 Å². The van der Waals surface area contributed by atoms with Crippen LogP contribution in [0.2, 0.25) is 0 Å². The Labute approximate surface area is 158 Å². The molecule has 0 bridgehead atoms. The Balaban J connectivity index is 1.47. The summed E-state index contributed by atoms with van der Waals surface area (Å²) >= 11 is 0. The first-order valence-electron chi connectivity index (χ1n) is 11.8. The molecule has 0 spiro atoms. The summed E-state index contributed by atoms with van der Waals surface area (Å²) in [5.74, 6) is 6.14. The molecule has 0 aromatic rings. The molecule has 0 heterocycles. The third kappa shape index (κ3) is 5.61. The van der Waals surface area contributed by atoms with Crippen molar-refractivity contribution < 1.29 is 0 Å². The molecule has 0 aliphatic heterocycles. The van der Waals surface area contributed by atoms with Crippen molar-refractivity contribution in [3.8, 4) is 0 Å². The van der Waals surface area contributed by atoms with E-state index in [0.29, 0.717) is 0 Å². The maximum atomic E-state index is 2.71. The van der Waals surface area contributed by atoms with Crippen molar-refractivity contribution in [1.29, 1.82) is 0 Å². The lowest BCUT2D eigenvalue weighted by Crippen LogP contribution is -2.27. The summed E-state index contributed by atoms with van der Waals surface area (Å²) in [7, 11) is 0. The van der Waals surface area contributed by atoms with Gasteiger partial charge in [-0.3, -0.25) is 0 Å². The highest BCUT2D eigenvalue weighted by atomic mass is 14.5. The minimum absolute atomic E-state index is 0.894. The maximum Gasteiger partial charge on any atom is -0.0294 e. The Bertz CT molecular complexity index is 418. The highest BCUT2D eigenvalue weighted by Gasteiger charge is 2.41. The van der Waals surface area contributed by atoms with Crippen LogP contribution in [0.3, 0.4) is 0 Å². The van der Waals surface area contributed by atoms with Gasteiger partial charge in [0.1, 0.15) is 0 Å². The third-order valence-corrected chi connectivity index (χ3v) is 7.87. The predicted octanol–water partition coefficient (Wildman–Crippen LogP) is 8.17. The van der Waals surface area contributed by atoms with E-state index in [9.17, 15) is 0 Å². The molecule has 3 rings (SSSR count). The van der Waals surface area contributed by atoms with Crippen LogP contribution >= 0.6 is 0 Å². The predicted molar refractivity (Wildman–Crippen MR) is 111 cm³/mol. The molecule has 3 fully saturated rings. The van der Waals surface area contributed by atoms with Crippen molar-refractivity contribution in [2.45, 2.75) is 111 Å². The van der Waals surface area contributed by atoms with Crippen LogP contribution in [-0.4, -0.2) is 0 Å². The zero-order chi connectivity index (χ0) is 17.6. The highest BCUT2D eigenvalue weighted by molar-refractivity contribution is 5.07. The topological polar surface area (TPSA) is 0 Å². The molecule has 3 unspecified atom stereocenters. The number of hydrogen-bond donors (Lipinski definition) is 0. The van der Waals surface area contributed by atoms with E-state index >= 15 is 0 Å². The molecule has 5 atom stereocenters. The van der Waals surface area contributed by atoms with E-state index in [4.69, 9.17) is 0 Å². The van der Waals surface area contributed by atoms with Gasteiger partial charge in [-0.2, -0.15) is 0 Å². The third-order valence-electron chi connectivity index (χ3n) is 7.87. The molecule has 144 valence electrons. The van der Waals surface area contributed by atoms with Gasteiger partial charge < -0.3 is 0 Å². The molecular weight excluding hydrogens is 300 g/mol. The van der Waals surface area contributed by atoms with Crippen molar-refractivity contribution in [1.82, 2.24) is 0 Å². The molecule has 3 aliphatic rings. The summed E-state index contributed by atoms with van der Waals surface area (Å²) in [4.78, 5) is 0. The minimum Gasteiger partial charge on any atom is -0.0850 e. The first kappa shape index (κ1) is 19.5. The van der Waals surface area contributed by atoms with E-state index in [1.54, 1.807) is 25.7 Å². The molecule has 0 saturated heterocycles. The standard InChI is InChI=1S/C25H44/c1-19(2)8-4-5-11-22-16-17-25-23(12-7-13-24(22)25)15-14-21-10-6-9-20(3)18-21/h14,19-20,22-25H,4-13,15-18H2,1-3H3/b21-14+/t20-,22+,23?,24?,25?/m1/s1. The van der Waals surface area contributed by atoms with Gasteiger partial charge in [-0.1, -0.05) is 70.9 Å². The van der Waals surface area contributed by atoms with Crippen LogP contribution < -0.4 is 0 Å². The van der Waals surface area contributed by atoms with Crippen molar-refractivity contribution in [2.75, 3.05) is 0 Å². The second-order valence-corrected chi connectivity index (χ2v) is 10.3. The SMILES string of the molecule is CC(C)CCCC[C@H]1CCC2C(C/C=C3\CCC[C@@H](C)C3)CCCC21.